The Kier molecular flexibility index (Phi) is 6.26. The molecule has 1 fully saturated rings. The summed E-state index contributed by atoms with van der Waals surface area (Å²) in [6.45, 7) is 0. The van der Waals surface area contributed by atoms with E-state index in [0.717, 1.165) is 4.90 Å². The summed E-state index contributed by atoms with van der Waals surface area (Å²) in [6, 6.07) is 18.2. The second-order valence-electron chi connectivity index (χ2n) is 7.31. The summed E-state index contributed by atoms with van der Waals surface area (Å²) in [5.41, 5.74) is 1.32. The number of halogens is 1. The molecule has 1 saturated heterocycles. The largest absolute Gasteiger partial charge is 0.497 e. The summed E-state index contributed by atoms with van der Waals surface area (Å²) in [5, 5.41) is 3.42. The van der Waals surface area contributed by atoms with Crippen molar-refractivity contribution >= 4 is 50.5 Å². The number of imide groups is 1. The molecular formula is C23H20ClN3O5S. The molecule has 0 aromatic heterocycles. The Balaban J connectivity index is 1.45. The van der Waals surface area contributed by atoms with Crippen molar-refractivity contribution < 1.29 is 22.7 Å². The van der Waals surface area contributed by atoms with Gasteiger partial charge in [-0.3, -0.25) is 14.3 Å². The van der Waals surface area contributed by atoms with Crippen LogP contribution in [0.2, 0.25) is 5.02 Å². The number of ether oxygens (including phenoxy) is 1. The van der Waals surface area contributed by atoms with E-state index in [1.54, 1.807) is 54.6 Å². The van der Waals surface area contributed by atoms with Gasteiger partial charge in [-0.15, -0.1) is 0 Å². The number of anilines is 3. The summed E-state index contributed by atoms with van der Waals surface area (Å²) in [7, 11) is -2.29. The molecule has 3 aromatic rings. The van der Waals surface area contributed by atoms with Gasteiger partial charge >= 0.3 is 0 Å². The standard InChI is InChI=1S/C23H20ClN3O5S/c1-32-19-9-7-18(8-10-19)27-22(28)14-21(23(27)29)25-16-5-11-20(12-6-16)33(30,31)26-17-4-2-3-15(24)13-17/h2-13,21,25-26H,14H2,1H3/t21-/m0/s1. The van der Waals surface area contributed by atoms with E-state index in [9.17, 15) is 18.0 Å². The van der Waals surface area contributed by atoms with Crippen LogP contribution in [-0.4, -0.2) is 33.4 Å². The van der Waals surface area contributed by atoms with Gasteiger partial charge in [-0.2, -0.15) is 0 Å². The molecule has 4 rings (SSSR count). The lowest BCUT2D eigenvalue weighted by Gasteiger charge is -2.16. The van der Waals surface area contributed by atoms with Crippen molar-refractivity contribution in [2.75, 3.05) is 22.0 Å². The van der Waals surface area contributed by atoms with Gasteiger partial charge in [0, 0.05) is 10.7 Å². The Morgan fingerprint density at radius 3 is 2.30 bits per heavy atom. The van der Waals surface area contributed by atoms with E-state index in [2.05, 4.69) is 10.0 Å². The lowest BCUT2D eigenvalue weighted by molar-refractivity contribution is -0.121. The molecule has 0 saturated carbocycles. The quantitative estimate of drug-likeness (QED) is 0.492. The highest BCUT2D eigenvalue weighted by molar-refractivity contribution is 7.92. The molecule has 0 aliphatic carbocycles. The fourth-order valence-electron chi connectivity index (χ4n) is 3.44. The van der Waals surface area contributed by atoms with E-state index < -0.39 is 16.1 Å². The number of sulfonamides is 1. The zero-order chi connectivity index (χ0) is 23.6. The van der Waals surface area contributed by atoms with Gasteiger partial charge in [-0.1, -0.05) is 17.7 Å². The minimum absolute atomic E-state index is 0.0127. The number of benzene rings is 3. The first-order valence-electron chi connectivity index (χ1n) is 9.93. The normalized spacial score (nSPS) is 16.1. The molecule has 0 bridgehead atoms. The van der Waals surface area contributed by atoms with Crippen LogP contribution in [-0.2, 0) is 19.6 Å². The molecule has 10 heteroatoms. The topological polar surface area (TPSA) is 105 Å². The molecule has 0 unspecified atom stereocenters. The van der Waals surface area contributed by atoms with E-state index in [4.69, 9.17) is 16.3 Å². The van der Waals surface area contributed by atoms with E-state index in [1.165, 1.54) is 25.3 Å². The summed E-state index contributed by atoms with van der Waals surface area (Å²) < 4.78 is 32.8. The molecule has 0 radical (unpaired) electrons. The van der Waals surface area contributed by atoms with Crippen LogP contribution in [0.1, 0.15) is 6.42 Å². The van der Waals surface area contributed by atoms with E-state index >= 15 is 0 Å². The van der Waals surface area contributed by atoms with Crippen LogP contribution in [0.15, 0.2) is 77.7 Å². The lowest BCUT2D eigenvalue weighted by atomic mass is 10.2. The minimum atomic E-state index is -3.82. The number of hydrogen-bond acceptors (Lipinski definition) is 6. The first-order valence-corrected chi connectivity index (χ1v) is 11.8. The zero-order valence-corrected chi connectivity index (χ0v) is 19.1. The monoisotopic (exact) mass is 485 g/mol. The number of methoxy groups -OCH3 is 1. The Labute approximate surface area is 196 Å². The number of carbonyl (C=O) groups excluding carboxylic acids is 2. The first-order chi connectivity index (χ1) is 15.8. The maximum absolute atomic E-state index is 12.8. The minimum Gasteiger partial charge on any atom is -0.497 e. The van der Waals surface area contributed by atoms with Crippen LogP contribution in [0.3, 0.4) is 0 Å². The van der Waals surface area contributed by atoms with Crippen molar-refractivity contribution in [3.63, 3.8) is 0 Å². The number of hydrogen-bond donors (Lipinski definition) is 2. The Morgan fingerprint density at radius 2 is 1.67 bits per heavy atom. The maximum atomic E-state index is 12.8. The van der Waals surface area contributed by atoms with Gasteiger partial charge in [0.15, 0.2) is 0 Å². The van der Waals surface area contributed by atoms with Gasteiger partial charge in [-0.05, 0) is 66.7 Å². The molecule has 170 valence electrons. The predicted molar refractivity (Wildman–Crippen MR) is 126 cm³/mol. The number of nitrogens with one attached hydrogen (secondary N) is 2. The molecule has 1 atom stereocenters. The third-order valence-electron chi connectivity index (χ3n) is 5.06. The second-order valence-corrected chi connectivity index (χ2v) is 9.43. The van der Waals surface area contributed by atoms with Crippen LogP contribution in [0.5, 0.6) is 5.75 Å². The van der Waals surface area contributed by atoms with E-state index in [-0.39, 0.29) is 23.1 Å². The van der Waals surface area contributed by atoms with Crippen molar-refractivity contribution in [3.8, 4) is 5.75 Å². The third-order valence-corrected chi connectivity index (χ3v) is 6.69. The Hall–Kier alpha value is -3.56. The van der Waals surface area contributed by atoms with Crippen molar-refractivity contribution in [3.05, 3.63) is 77.8 Å². The van der Waals surface area contributed by atoms with Crippen LogP contribution in [0.4, 0.5) is 17.1 Å². The molecule has 1 aliphatic heterocycles. The molecular weight excluding hydrogens is 466 g/mol. The number of amides is 2. The molecule has 2 N–H and O–H groups in total. The molecule has 3 aromatic carbocycles. The van der Waals surface area contributed by atoms with Crippen molar-refractivity contribution in [1.82, 2.24) is 0 Å². The highest BCUT2D eigenvalue weighted by atomic mass is 35.5. The molecule has 8 nitrogen and oxygen atoms in total. The summed E-state index contributed by atoms with van der Waals surface area (Å²) in [6.07, 6.45) is -0.0127. The SMILES string of the molecule is COc1ccc(N2C(=O)C[C@H](Nc3ccc(S(=O)(=O)Nc4cccc(Cl)c4)cc3)C2=O)cc1. The van der Waals surface area contributed by atoms with Crippen LogP contribution < -0.4 is 19.7 Å². The second kappa shape index (κ2) is 9.13. The Bertz CT molecular complexity index is 1290. The lowest BCUT2D eigenvalue weighted by Crippen LogP contribution is -2.34. The van der Waals surface area contributed by atoms with Crippen molar-refractivity contribution in [2.45, 2.75) is 17.4 Å². The highest BCUT2D eigenvalue weighted by Gasteiger charge is 2.39. The summed E-state index contributed by atoms with van der Waals surface area (Å²) in [4.78, 5) is 26.5. The smallest absolute Gasteiger partial charge is 0.261 e. The van der Waals surface area contributed by atoms with E-state index in [0.29, 0.717) is 27.8 Å². The molecule has 1 heterocycles. The van der Waals surface area contributed by atoms with Crippen LogP contribution in [0, 0.1) is 0 Å². The average molecular weight is 486 g/mol. The van der Waals surface area contributed by atoms with Gasteiger partial charge in [-0.25, -0.2) is 13.3 Å². The maximum Gasteiger partial charge on any atom is 0.261 e. The first kappa shape index (κ1) is 22.6. The molecule has 33 heavy (non-hydrogen) atoms. The molecule has 0 spiro atoms. The summed E-state index contributed by atoms with van der Waals surface area (Å²) >= 11 is 5.90. The van der Waals surface area contributed by atoms with Crippen molar-refractivity contribution in [2.24, 2.45) is 0 Å². The fraction of sp³-hybridized carbons (Fsp3) is 0.130. The molecule has 2 amide bonds. The van der Waals surface area contributed by atoms with Gasteiger partial charge in [0.05, 0.1) is 29.8 Å². The third kappa shape index (κ3) is 4.94. The molecule has 1 aliphatic rings. The van der Waals surface area contributed by atoms with E-state index in [1.807, 2.05) is 0 Å². The fourth-order valence-corrected chi connectivity index (χ4v) is 4.68. The number of rotatable bonds is 7. The van der Waals surface area contributed by atoms with Gasteiger partial charge in [0.2, 0.25) is 5.91 Å². The number of carbonyl (C=O) groups is 2. The van der Waals surface area contributed by atoms with Crippen LogP contribution in [0.25, 0.3) is 0 Å². The zero-order valence-electron chi connectivity index (χ0n) is 17.5. The predicted octanol–water partition coefficient (Wildman–Crippen LogP) is 3.89. The highest BCUT2D eigenvalue weighted by Crippen LogP contribution is 2.27. The van der Waals surface area contributed by atoms with Crippen molar-refractivity contribution in [1.29, 1.82) is 0 Å². The van der Waals surface area contributed by atoms with Gasteiger partial charge in [0.1, 0.15) is 11.8 Å². The van der Waals surface area contributed by atoms with Gasteiger partial charge < -0.3 is 10.1 Å². The number of nitrogens with zero attached hydrogens (tertiary/aromatic N) is 1. The van der Waals surface area contributed by atoms with Crippen LogP contribution >= 0.6 is 11.6 Å². The Morgan fingerprint density at radius 1 is 0.970 bits per heavy atom. The van der Waals surface area contributed by atoms with Gasteiger partial charge in [0.25, 0.3) is 15.9 Å². The summed E-state index contributed by atoms with van der Waals surface area (Å²) in [5.74, 6) is -0.0931. The average Bonchev–Trinajstić information content (AvgIpc) is 3.06.